The van der Waals surface area contributed by atoms with E-state index >= 15 is 0 Å². The summed E-state index contributed by atoms with van der Waals surface area (Å²) in [6.07, 6.45) is 6.50. The van der Waals surface area contributed by atoms with Crippen molar-refractivity contribution in [2.45, 2.75) is 56.7 Å². The number of H-pyrrole nitrogens is 1. The average molecular weight is 559 g/mol. The number of ether oxygens (including phenoxy) is 2. The number of pyridine rings is 1. The smallest absolute Gasteiger partial charge is 0.435 e. The van der Waals surface area contributed by atoms with E-state index in [-0.39, 0.29) is 23.8 Å². The van der Waals surface area contributed by atoms with E-state index in [1.807, 2.05) is 6.92 Å². The van der Waals surface area contributed by atoms with E-state index in [0.29, 0.717) is 49.1 Å². The number of hydrogen-bond acceptors (Lipinski definition) is 9. The number of carbonyl (C=O) groups is 2. The number of sulfonamides is 1. The van der Waals surface area contributed by atoms with Gasteiger partial charge in [-0.05, 0) is 44.2 Å². The van der Waals surface area contributed by atoms with Crippen LogP contribution < -0.4 is 10.0 Å². The minimum absolute atomic E-state index is 0.0560. The Hall–Kier alpha value is -3.71. The zero-order valence-electron chi connectivity index (χ0n) is 22.0. The van der Waals surface area contributed by atoms with Crippen molar-refractivity contribution in [2.75, 3.05) is 25.0 Å². The summed E-state index contributed by atoms with van der Waals surface area (Å²) in [7, 11) is -4.11. The first-order valence-corrected chi connectivity index (χ1v) is 14.5. The molecular formula is C26H34N6O6S. The highest BCUT2D eigenvalue weighted by molar-refractivity contribution is 7.89. The van der Waals surface area contributed by atoms with Crippen molar-refractivity contribution >= 4 is 38.8 Å². The fraction of sp³-hybridized carbons (Fsp3) is 0.462. The van der Waals surface area contributed by atoms with Gasteiger partial charge in [-0.1, -0.05) is 19.1 Å². The van der Waals surface area contributed by atoms with Gasteiger partial charge in [0.15, 0.2) is 12.2 Å². The second-order valence-corrected chi connectivity index (χ2v) is 11.1. The van der Waals surface area contributed by atoms with E-state index in [2.05, 4.69) is 25.0 Å². The van der Waals surface area contributed by atoms with Crippen molar-refractivity contribution < 1.29 is 27.5 Å². The van der Waals surface area contributed by atoms with E-state index in [1.165, 1.54) is 17.2 Å². The molecule has 1 amide bonds. The van der Waals surface area contributed by atoms with Gasteiger partial charge < -0.3 is 24.7 Å². The van der Waals surface area contributed by atoms with E-state index in [9.17, 15) is 18.0 Å². The molecule has 3 aromatic rings. The Labute approximate surface area is 227 Å². The second-order valence-electron chi connectivity index (χ2n) is 9.45. The summed E-state index contributed by atoms with van der Waals surface area (Å²) in [6.45, 7) is 4.60. The first-order valence-electron chi connectivity index (χ1n) is 13.0. The van der Waals surface area contributed by atoms with Crippen molar-refractivity contribution in [3.63, 3.8) is 0 Å². The zero-order valence-corrected chi connectivity index (χ0v) is 22.8. The monoisotopic (exact) mass is 558 g/mol. The third-order valence-electron chi connectivity index (χ3n) is 6.58. The number of benzene rings is 1. The number of aromatic nitrogens is 3. The quantitative estimate of drug-likeness (QED) is 0.237. The molecule has 0 saturated carbocycles. The van der Waals surface area contributed by atoms with E-state index in [4.69, 9.17) is 9.47 Å². The molecule has 13 heteroatoms. The number of nitrogens with one attached hydrogen (secondary N) is 3. The molecule has 4 rings (SSSR count). The number of imidazole rings is 1. The maximum absolute atomic E-state index is 13.9. The lowest BCUT2D eigenvalue weighted by atomic mass is 9.96. The molecule has 0 spiro atoms. The Bertz CT molecular complexity index is 1360. The maximum Gasteiger partial charge on any atom is 0.510 e. The molecule has 3 N–H and O–H groups in total. The van der Waals surface area contributed by atoms with Gasteiger partial charge in [0.25, 0.3) is 0 Å². The van der Waals surface area contributed by atoms with E-state index in [0.717, 1.165) is 0 Å². The SMILES string of the molecule is CCOC(=O)O[C@@H]1C[C@H](C)CCN1C(=O)[C@H](CCCNc1ncc[nH]1)NS(=O)(=O)c1cccc2cnccc12. The lowest BCUT2D eigenvalue weighted by molar-refractivity contribution is -0.150. The number of carbonyl (C=O) groups excluding carboxylic acids is 2. The molecule has 210 valence electrons. The van der Waals surface area contributed by atoms with Crippen LogP contribution in [0.25, 0.3) is 10.8 Å². The fourth-order valence-electron chi connectivity index (χ4n) is 4.61. The Morgan fingerprint density at radius 2 is 2.10 bits per heavy atom. The van der Waals surface area contributed by atoms with Crippen molar-refractivity contribution in [1.82, 2.24) is 24.6 Å². The number of aromatic amines is 1. The molecule has 1 aliphatic heterocycles. The lowest BCUT2D eigenvalue weighted by Gasteiger charge is -2.39. The number of likely N-dealkylation sites (tertiary alicyclic amines) is 1. The van der Waals surface area contributed by atoms with Crippen LogP contribution in [-0.4, -0.2) is 72.3 Å². The number of nitrogens with zero attached hydrogens (tertiary/aromatic N) is 3. The van der Waals surface area contributed by atoms with Gasteiger partial charge in [0, 0.05) is 55.1 Å². The largest absolute Gasteiger partial charge is 0.510 e. The predicted octanol–water partition coefficient (Wildman–Crippen LogP) is 3.25. The Morgan fingerprint density at radius 3 is 2.87 bits per heavy atom. The van der Waals surface area contributed by atoms with Crippen LogP contribution in [0, 0.1) is 5.92 Å². The average Bonchev–Trinajstić information content (AvgIpc) is 3.43. The summed E-state index contributed by atoms with van der Waals surface area (Å²) in [4.78, 5) is 38.6. The molecule has 0 bridgehead atoms. The van der Waals surface area contributed by atoms with Gasteiger partial charge >= 0.3 is 6.16 Å². The first-order chi connectivity index (χ1) is 18.8. The number of rotatable bonds is 11. The van der Waals surface area contributed by atoms with Gasteiger partial charge in [0.2, 0.25) is 15.9 Å². The maximum atomic E-state index is 13.9. The van der Waals surface area contributed by atoms with E-state index in [1.54, 1.807) is 43.7 Å². The molecule has 1 saturated heterocycles. The summed E-state index contributed by atoms with van der Waals surface area (Å²) >= 11 is 0. The number of hydrogen-bond donors (Lipinski definition) is 3. The van der Waals surface area contributed by atoms with Gasteiger partial charge in [-0.25, -0.2) is 18.2 Å². The molecule has 39 heavy (non-hydrogen) atoms. The highest BCUT2D eigenvalue weighted by atomic mass is 32.2. The summed E-state index contributed by atoms with van der Waals surface area (Å²) in [5.41, 5.74) is 0. The number of amides is 1. The number of fused-ring (bicyclic) bond motifs is 1. The van der Waals surface area contributed by atoms with Crippen LogP contribution in [0.15, 0.2) is 53.9 Å². The lowest BCUT2D eigenvalue weighted by Crippen LogP contribution is -2.55. The highest BCUT2D eigenvalue weighted by Gasteiger charge is 2.38. The zero-order chi connectivity index (χ0) is 27.8. The van der Waals surface area contributed by atoms with Crippen LogP contribution in [0.3, 0.4) is 0 Å². The molecule has 3 heterocycles. The first kappa shape index (κ1) is 28.3. The summed E-state index contributed by atoms with van der Waals surface area (Å²) < 4.78 is 40.3. The van der Waals surface area contributed by atoms with Gasteiger partial charge in [0.05, 0.1) is 11.5 Å². The minimum Gasteiger partial charge on any atom is -0.435 e. The molecule has 12 nitrogen and oxygen atoms in total. The third-order valence-corrected chi connectivity index (χ3v) is 8.11. The van der Waals surface area contributed by atoms with Crippen LogP contribution in [0.1, 0.15) is 39.5 Å². The number of piperidine rings is 1. The minimum atomic E-state index is -4.11. The normalized spacial score (nSPS) is 18.5. The molecule has 3 atom stereocenters. The molecule has 0 aliphatic carbocycles. The van der Waals surface area contributed by atoms with Crippen molar-refractivity contribution in [1.29, 1.82) is 0 Å². The van der Waals surface area contributed by atoms with Crippen LogP contribution in [0.4, 0.5) is 10.7 Å². The molecular weight excluding hydrogens is 524 g/mol. The number of anilines is 1. The molecule has 0 unspecified atom stereocenters. The predicted molar refractivity (Wildman–Crippen MR) is 144 cm³/mol. The molecule has 2 aromatic heterocycles. The van der Waals surface area contributed by atoms with Gasteiger partial charge in [-0.15, -0.1) is 0 Å². The van der Waals surface area contributed by atoms with Gasteiger partial charge in [-0.3, -0.25) is 9.78 Å². The van der Waals surface area contributed by atoms with Gasteiger partial charge in [0.1, 0.15) is 6.04 Å². The molecule has 1 aromatic carbocycles. The molecule has 1 aliphatic rings. The second kappa shape index (κ2) is 12.9. The van der Waals surface area contributed by atoms with Crippen LogP contribution in [-0.2, 0) is 24.3 Å². The van der Waals surface area contributed by atoms with Crippen LogP contribution in [0.2, 0.25) is 0 Å². The van der Waals surface area contributed by atoms with Crippen molar-refractivity contribution in [3.05, 3.63) is 49.1 Å². The summed E-state index contributed by atoms with van der Waals surface area (Å²) in [5.74, 6) is 0.334. The third kappa shape index (κ3) is 7.24. The van der Waals surface area contributed by atoms with Crippen molar-refractivity contribution in [2.24, 2.45) is 5.92 Å². The topological polar surface area (TPSA) is 156 Å². The Morgan fingerprint density at radius 1 is 1.26 bits per heavy atom. The van der Waals surface area contributed by atoms with Crippen molar-refractivity contribution in [3.8, 4) is 0 Å². The fourth-order valence-corrected chi connectivity index (χ4v) is 6.06. The van der Waals surface area contributed by atoms with E-state index < -0.39 is 34.4 Å². The summed E-state index contributed by atoms with van der Waals surface area (Å²) in [6, 6.07) is 5.45. The van der Waals surface area contributed by atoms with Crippen LogP contribution >= 0.6 is 0 Å². The summed E-state index contributed by atoms with van der Waals surface area (Å²) in [5, 5.41) is 4.28. The Kier molecular flexibility index (Phi) is 9.36. The molecule has 1 fully saturated rings. The standard InChI is InChI=1S/C26H34N6O6S/c1-3-37-26(34)38-23-16-18(2)10-15-32(23)24(33)21(7-5-11-28-25-29-13-14-30-25)31-39(35,36)22-8-4-6-19-17-27-12-9-20(19)22/h4,6,8-9,12-14,17-18,21,23,31H,3,5,7,10-11,15-16H2,1-2H3,(H2,28,29,30)/t18-,21+,23-/m1/s1. The highest BCUT2D eigenvalue weighted by Crippen LogP contribution is 2.27. The Balaban J connectivity index is 1.57. The molecule has 0 radical (unpaired) electrons. The van der Waals surface area contributed by atoms with Gasteiger partial charge in [-0.2, -0.15) is 4.72 Å². The van der Waals surface area contributed by atoms with Crippen LogP contribution in [0.5, 0.6) is 0 Å².